The second-order valence-electron chi connectivity index (χ2n) is 6.11. The first kappa shape index (κ1) is 16.6. The fourth-order valence-electron chi connectivity index (χ4n) is 1.84. The maximum absolute atomic E-state index is 11.0. The third kappa shape index (κ3) is 3.79. The third-order valence-corrected chi connectivity index (χ3v) is 3.34. The second kappa shape index (κ2) is 6.35. The molecule has 6 heteroatoms. The molecule has 20 heavy (non-hydrogen) atoms. The lowest BCUT2D eigenvalue weighted by molar-refractivity contribution is -0.141. The minimum atomic E-state index is -0.880. The van der Waals surface area contributed by atoms with Gasteiger partial charge in [0.2, 0.25) is 11.7 Å². The normalized spacial score (nSPS) is 16.7. The van der Waals surface area contributed by atoms with Gasteiger partial charge in [-0.05, 0) is 12.3 Å². The van der Waals surface area contributed by atoms with E-state index in [0.29, 0.717) is 18.3 Å². The summed E-state index contributed by atoms with van der Waals surface area (Å²) in [5.41, 5.74) is -0.168. The van der Waals surface area contributed by atoms with Crippen molar-refractivity contribution >= 4 is 5.97 Å². The zero-order valence-electron chi connectivity index (χ0n) is 13.0. The highest BCUT2D eigenvalue weighted by Gasteiger charge is 2.33. The maximum Gasteiger partial charge on any atom is 0.307 e. The highest BCUT2D eigenvalue weighted by Crippen LogP contribution is 2.35. The van der Waals surface area contributed by atoms with Crippen LogP contribution in [0.1, 0.15) is 65.3 Å². The summed E-state index contributed by atoms with van der Waals surface area (Å²) in [4.78, 5) is 15.3. The van der Waals surface area contributed by atoms with E-state index in [1.807, 2.05) is 27.7 Å². The Labute approximate surface area is 119 Å². The predicted octanol–water partition coefficient (Wildman–Crippen LogP) is 3.02. The lowest BCUT2D eigenvalue weighted by Gasteiger charge is -2.27. The van der Waals surface area contributed by atoms with Gasteiger partial charge in [0.15, 0.2) is 0 Å². The third-order valence-electron chi connectivity index (χ3n) is 3.34. The fraction of sp³-hybridized carbons (Fsp3) is 0.786. The van der Waals surface area contributed by atoms with Crippen LogP contribution in [0.2, 0.25) is 0 Å². The monoisotopic (exact) mass is 284 g/mol. The van der Waals surface area contributed by atoms with Crippen LogP contribution in [0.3, 0.4) is 0 Å². The van der Waals surface area contributed by atoms with Gasteiger partial charge in [-0.15, -0.1) is 0 Å². The number of carbonyl (C=O) groups is 1. The van der Waals surface area contributed by atoms with Crippen molar-refractivity contribution in [3.8, 4) is 0 Å². The number of aromatic nitrogens is 2. The number of ether oxygens (including phenoxy) is 1. The molecule has 0 saturated heterocycles. The molecular formula is C14H24N2O4. The molecule has 0 aromatic carbocycles. The molecule has 0 radical (unpaired) electrons. The first-order valence-corrected chi connectivity index (χ1v) is 6.86. The molecule has 6 nitrogen and oxygen atoms in total. The average molecular weight is 284 g/mol. The van der Waals surface area contributed by atoms with Gasteiger partial charge in [-0.3, -0.25) is 4.79 Å². The lowest BCUT2D eigenvalue weighted by atomic mass is 9.88. The summed E-state index contributed by atoms with van der Waals surface area (Å²) in [6.07, 6.45) is -0.280. The number of carboxylic acids is 1. The Balaban J connectivity index is 2.98. The molecule has 0 aliphatic carbocycles. The van der Waals surface area contributed by atoms with Gasteiger partial charge in [0.25, 0.3) is 0 Å². The van der Waals surface area contributed by atoms with Crippen molar-refractivity contribution in [2.75, 3.05) is 6.61 Å². The van der Waals surface area contributed by atoms with Crippen LogP contribution in [0.5, 0.6) is 0 Å². The molecule has 0 aliphatic heterocycles. The van der Waals surface area contributed by atoms with E-state index in [0.717, 1.165) is 0 Å². The van der Waals surface area contributed by atoms with E-state index in [4.69, 9.17) is 14.4 Å². The summed E-state index contributed by atoms with van der Waals surface area (Å²) < 4.78 is 10.9. The number of carboxylic acid groups (broad SMARTS) is 1. The predicted molar refractivity (Wildman–Crippen MR) is 73.3 cm³/mol. The van der Waals surface area contributed by atoms with E-state index >= 15 is 0 Å². The highest BCUT2D eigenvalue weighted by atomic mass is 16.5. The molecule has 0 aliphatic rings. The molecule has 1 N–H and O–H groups in total. The van der Waals surface area contributed by atoms with Crippen LogP contribution in [-0.2, 0) is 9.53 Å². The van der Waals surface area contributed by atoms with E-state index in [1.165, 1.54) is 0 Å². The Kier molecular flexibility index (Phi) is 5.28. The minimum Gasteiger partial charge on any atom is -0.481 e. The summed E-state index contributed by atoms with van der Waals surface area (Å²) >= 11 is 0. The number of hydrogen-bond donors (Lipinski definition) is 1. The van der Waals surface area contributed by atoms with Crippen LogP contribution in [0.15, 0.2) is 4.52 Å². The van der Waals surface area contributed by atoms with Gasteiger partial charge in [0.05, 0.1) is 5.92 Å². The van der Waals surface area contributed by atoms with Gasteiger partial charge in [-0.2, -0.15) is 4.98 Å². The van der Waals surface area contributed by atoms with Crippen molar-refractivity contribution in [1.82, 2.24) is 10.1 Å². The quantitative estimate of drug-likeness (QED) is 0.864. The molecule has 0 saturated carbocycles. The van der Waals surface area contributed by atoms with E-state index in [9.17, 15) is 4.79 Å². The molecule has 1 aromatic rings. The SMILES string of the molecule is CCOC(c1noc(C(C)C(C)C(=O)O)n1)C(C)(C)C. The summed E-state index contributed by atoms with van der Waals surface area (Å²) in [5, 5.41) is 13.0. The number of aliphatic carboxylic acids is 1. The zero-order valence-corrected chi connectivity index (χ0v) is 13.0. The number of rotatable bonds is 6. The molecule has 1 rings (SSSR count). The zero-order chi connectivity index (χ0) is 15.5. The fourth-order valence-corrected chi connectivity index (χ4v) is 1.84. The molecule has 1 heterocycles. The molecule has 0 spiro atoms. The summed E-state index contributed by atoms with van der Waals surface area (Å²) in [6.45, 7) is 12.0. The van der Waals surface area contributed by atoms with Crippen LogP contribution in [0.4, 0.5) is 0 Å². The molecule has 0 bridgehead atoms. The summed E-state index contributed by atoms with van der Waals surface area (Å²) in [6, 6.07) is 0. The van der Waals surface area contributed by atoms with Gasteiger partial charge in [0, 0.05) is 12.5 Å². The highest BCUT2D eigenvalue weighted by molar-refractivity contribution is 5.70. The van der Waals surface area contributed by atoms with Gasteiger partial charge >= 0.3 is 5.97 Å². The Hall–Kier alpha value is -1.43. The van der Waals surface area contributed by atoms with Crippen molar-refractivity contribution in [3.63, 3.8) is 0 Å². The van der Waals surface area contributed by atoms with Crippen molar-refractivity contribution in [1.29, 1.82) is 0 Å². The Morgan fingerprint density at radius 3 is 2.45 bits per heavy atom. The molecule has 114 valence electrons. The van der Waals surface area contributed by atoms with Crippen LogP contribution < -0.4 is 0 Å². The van der Waals surface area contributed by atoms with Crippen LogP contribution in [0, 0.1) is 11.3 Å². The standard InChI is InChI=1S/C14H24N2O4/c1-7-19-10(14(4,5)6)11-15-12(20-16-11)8(2)9(3)13(17)18/h8-10H,7H2,1-6H3,(H,17,18). The average Bonchev–Trinajstić information content (AvgIpc) is 2.81. The Bertz CT molecular complexity index is 450. The first-order chi connectivity index (χ1) is 9.18. The van der Waals surface area contributed by atoms with Crippen LogP contribution >= 0.6 is 0 Å². The van der Waals surface area contributed by atoms with E-state index in [2.05, 4.69) is 10.1 Å². The van der Waals surface area contributed by atoms with Crippen molar-refractivity contribution in [2.24, 2.45) is 11.3 Å². The summed E-state index contributed by atoms with van der Waals surface area (Å²) in [7, 11) is 0. The van der Waals surface area contributed by atoms with Crippen LogP contribution in [-0.4, -0.2) is 27.8 Å². The minimum absolute atomic E-state index is 0.168. The van der Waals surface area contributed by atoms with Gasteiger partial charge in [0.1, 0.15) is 6.10 Å². The van der Waals surface area contributed by atoms with E-state index in [1.54, 1.807) is 13.8 Å². The Morgan fingerprint density at radius 1 is 1.40 bits per heavy atom. The van der Waals surface area contributed by atoms with Crippen molar-refractivity contribution in [2.45, 2.75) is 53.6 Å². The van der Waals surface area contributed by atoms with Crippen molar-refractivity contribution < 1.29 is 19.2 Å². The van der Waals surface area contributed by atoms with E-state index < -0.39 is 11.9 Å². The number of nitrogens with zero attached hydrogens (tertiary/aromatic N) is 2. The van der Waals surface area contributed by atoms with Crippen molar-refractivity contribution in [3.05, 3.63) is 11.7 Å². The molecular weight excluding hydrogens is 260 g/mol. The summed E-state index contributed by atoms with van der Waals surface area (Å²) in [5.74, 6) is -0.989. The van der Waals surface area contributed by atoms with Gasteiger partial charge < -0.3 is 14.4 Å². The molecule has 3 atom stereocenters. The van der Waals surface area contributed by atoms with Gasteiger partial charge in [-0.1, -0.05) is 39.8 Å². The first-order valence-electron chi connectivity index (χ1n) is 6.86. The maximum atomic E-state index is 11.0. The number of hydrogen-bond acceptors (Lipinski definition) is 5. The van der Waals surface area contributed by atoms with Crippen LogP contribution in [0.25, 0.3) is 0 Å². The molecule has 0 fully saturated rings. The Morgan fingerprint density at radius 2 is 2.00 bits per heavy atom. The topological polar surface area (TPSA) is 85.5 Å². The lowest BCUT2D eigenvalue weighted by Crippen LogP contribution is -2.23. The molecule has 0 amide bonds. The molecule has 1 aromatic heterocycles. The van der Waals surface area contributed by atoms with E-state index in [-0.39, 0.29) is 17.4 Å². The largest absolute Gasteiger partial charge is 0.481 e. The molecule has 3 unspecified atom stereocenters. The smallest absolute Gasteiger partial charge is 0.307 e. The second-order valence-corrected chi connectivity index (χ2v) is 6.11. The van der Waals surface area contributed by atoms with Gasteiger partial charge in [-0.25, -0.2) is 0 Å².